The van der Waals surface area contributed by atoms with Gasteiger partial charge in [-0.15, -0.1) is 11.8 Å². The zero-order chi connectivity index (χ0) is 19.9. The van der Waals surface area contributed by atoms with Gasteiger partial charge >= 0.3 is 11.6 Å². The van der Waals surface area contributed by atoms with Crippen molar-refractivity contribution < 1.29 is 18.7 Å². The van der Waals surface area contributed by atoms with E-state index in [9.17, 15) is 14.4 Å². The summed E-state index contributed by atoms with van der Waals surface area (Å²) in [4.78, 5) is 36.1. The lowest BCUT2D eigenvalue weighted by Crippen LogP contribution is -2.09. The minimum Gasteiger partial charge on any atom is -0.461 e. The van der Waals surface area contributed by atoms with E-state index in [-0.39, 0.29) is 24.9 Å². The van der Waals surface area contributed by atoms with Crippen LogP contribution in [0.3, 0.4) is 0 Å². The van der Waals surface area contributed by atoms with Crippen molar-refractivity contribution in [3.63, 3.8) is 0 Å². The molecule has 6 nitrogen and oxygen atoms in total. The summed E-state index contributed by atoms with van der Waals surface area (Å²) >= 11 is 1.58. The van der Waals surface area contributed by atoms with Crippen LogP contribution in [0, 0.1) is 0 Å². The third kappa shape index (κ3) is 5.47. The molecule has 3 rings (SSSR count). The molecular weight excluding hydrogens is 378 g/mol. The van der Waals surface area contributed by atoms with Crippen molar-refractivity contribution in [2.45, 2.75) is 24.8 Å². The molecule has 3 aromatic rings. The third-order valence-corrected chi connectivity index (χ3v) is 4.87. The Morgan fingerprint density at radius 1 is 1.11 bits per heavy atom. The van der Waals surface area contributed by atoms with Gasteiger partial charge in [-0.1, -0.05) is 18.2 Å². The second kappa shape index (κ2) is 9.23. The normalized spacial score (nSPS) is 10.6. The molecule has 0 saturated heterocycles. The Kier molecular flexibility index (Phi) is 6.49. The van der Waals surface area contributed by atoms with Gasteiger partial charge in [0.25, 0.3) is 0 Å². The van der Waals surface area contributed by atoms with E-state index in [4.69, 9.17) is 9.15 Å². The highest BCUT2D eigenvalue weighted by atomic mass is 32.2. The van der Waals surface area contributed by atoms with Gasteiger partial charge in [-0.2, -0.15) is 0 Å². The Hall–Kier alpha value is -3.06. The fourth-order valence-corrected chi connectivity index (χ4v) is 3.48. The van der Waals surface area contributed by atoms with E-state index in [1.807, 2.05) is 30.3 Å². The maximum Gasteiger partial charge on any atom is 0.336 e. The predicted molar refractivity (Wildman–Crippen MR) is 108 cm³/mol. The van der Waals surface area contributed by atoms with Gasteiger partial charge in [-0.05, 0) is 24.3 Å². The molecule has 1 heterocycles. The molecule has 144 valence electrons. The summed E-state index contributed by atoms with van der Waals surface area (Å²) in [5.41, 5.74) is 0.863. The molecule has 0 fully saturated rings. The number of ether oxygens (including phenoxy) is 1. The lowest BCUT2D eigenvalue weighted by molar-refractivity contribution is -0.144. The number of rotatable bonds is 7. The molecule has 0 unspecified atom stereocenters. The minimum atomic E-state index is -0.543. The van der Waals surface area contributed by atoms with Crippen molar-refractivity contribution in [1.82, 2.24) is 0 Å². The summed E-state index contributed by atoms with van der Waals surface area (Å²) in [5.74, 6) is 0.0560. The van der Waals surface area contributed by atoms with Crippen molar-refractivity contribution in [3.8, 4) is 0 Å². The lowest BCUT2D eigenvalue weighted by atomic mass is 10.1. The molecule has 0 aliphatic carbocycles. The Morgan fingerprint density at radius 2 is 1.89 bits per heavy atom. The Morgan fingerprint density at radius 3 is 2.64 bits per heavy atom. The van der Waals surface area contributed by atoms with Crippen LogP contribution < -0.4 is 10.9 Å². The second-order valence-corrected chi connectivity index (χ2v) is 7.22. The van der Waals surface area contributed by atoms with Crippen LogP contribution in [0.1, 0.15) is 18.9 Å². The number of fused-ring (bicyclic) bond motifs is 1. The monoisotopic (exact) mass is 397 g/mol. The molecule has 1 N–H and O–H groups in total. The van der Waals surface area contributed by atoms with Crippen LogP contribution in [0.4, 0.5) is 5.69 Å². The van der Waals surface area contributed by atoms with Gasteiger partial charge in [-0.25, -0.2) is 4.79 Å². The van der Waals surface area contributed by atoms with Crippen LogP contribution in [0.2, 0.25) is 0 Å². The quantitative estimate of drug-likeness (QED) is 0.369. The van der Waals surface area contributed by atoms with Crippen LogP contribution in [0.15, 0.2) is 68.7 Å². The number of carbonyl (C=O) groups excluding carboxylic acids is 2. The van der Waals surface area contributed by atoms with Gasteiger partial charge in [0.2, 0.25) is 5.91 Å². The first kappa shape index (κ1) is 19.7. The van der Waals surface area contributed by atoms with Gasteiger partial charge in [0.1, 0.15) is 12.2 Å². The highest BCUT2D eigenvalue weighted by Gasteiger charge is 2.10. The molecule has 1 aromatic heterocycles. The summed E-state index contributed by atoms with van der Waals surface area (Å²) < 4.78 is 10.5. The van der Waals surface area contributed by atoms with Crippen LogP contribution in [-0.2, 0) is 20.9 Å². The van der Waals surface area contributed by atoms with Crippen molar-refractivity contribution in [2.75, 3.05) is 11.1 Å². The fourth-order valence-electron chi connectivity index (χ4n) is 2.63. The highest BCUT2D eigenvalue weighted by molar-refractivity contribution is 7.99. The number of hydrogen-bond acceptors (Lipinski definition) is 6. The second-order valence-electron chi connectivity index (χ2n) is 6.05. The molecule has 0 aliphatic heterocycles. The van der Waals surface area contributed by atoms with Gasteiger partial charge in [0, 0.05) is 46.3 Å². The van der Waals surface area contributed by atoms with E-state index >= 15 is 0 Å². The van der Waals surface area contributed by atoms with Crippen molar-refractivity contribution in [3.05, 3.63) is 70.6 Å². The average Bonchev–Trinajstić information content (AvgIpc) is 2.66. The predicted octanol–water partition coefficient (Wildman–Crippen LogP) is 3.98. The summed E-state index contributed by atoms with van der Waals surface area (Å²) in [6.45, 7) is 1.38. The van der Waals surface area contributed by atoms with Crippen molar-refractivity contribution >= 4 is 40.3 Å². The fraction of sp³-hybridized carbons (Fsp3) is 0.190. The number of amides is 1. The van der Waals surface area contributed by atoms with E-state index in [1.54, 1.807) is 30.0 Å². The van der Waals surface area contributed by atoms with Crippen LogP contribution in [0.5, 0.6) is 0 Å². The van der Waals surface area contributed by atoms with Crippen molar-refractivity contribution in [2.24, 2.45) is 0 Å². The van der Waals surface area contributed by atoms with Gasteiger partial charge in [0.05, 0.1) is 6.42 Å². The molecule has 0 saturated carbocycles. The molecular formula is C21H19NO5S. The molecule has 0 spiro atoms. The van der Waals surface area contributed by atoms with E-state index in [0.717, 1.165) is 4.90 Å². The molecule has 2 aromatic carbocycles. The van der Waals surface area contributed by atoms with Gasteiger partial charge in [-0.3, -0.25) is 9.59 Å². The average molecular weight is 397 g/mol. The summed E-state index contributed by atoms with van der Waals surface area (Å²) in [6.07, 6.45) is 0.269. The minimum absolute atomic E-state index is 0.0174. The molecule has 0 aliphatic rings. The summed E-state index contributed by atoms with van der Waals surface area (Å²) in [6, 6.07) is 16.1. The number of nitrogens with one attached hydrogen (secondary N) is 1. The maximum absolute atomic E-state index is 12.0. The SMILES string of the molecule is CC(=O)Nc1ccc2c(COC(=O)CCSc3ccccc3)cc(=O)oc2c1. The number of esters is 1. The maximum atomic E-state index is 12.0. The zero-order valence-electron chi connectivity index (χ0n) is 15.3. The number of benzene rings is 2. The van der Waals surface area contributed by atoms with Crippen molar-refractivity contribution in [1.29, 1.82) is 0 Å². The van der Waals surface area contributed by atoms with Gasteiger partial charge in [0.15, 0.2) is 0 Å². The topological polar surface area (TPSA) is 85.6 Å². The Labute approximate surface area is 165 Å². The Bertz CT molecular complexity index is 1050. The molecule has 0 atom stereocenters. The number of thioether (sulfide) groups is 1. The van der Waals surface area contributed by atoms with Crippen LogP contribution in [0.25, 0.3) is 11.0 Å². The van der Waals surface area contributed by atoms with Crippen LogP contribution >= 0.6 is 11.8 Å². The number of anilines is 1. The first-order chi connectivity index (χ1) is 13.5. The van der Waals surface area contributed by atoms with Gasteiger partial charge < -0.3 is 14.5 Å². The zero-order valence-corrected chi connectivity index (χ0v) is 16.1. The highest BCUT2D eigenvalue weighted by Crippen LogP contribution is 2.22. The lowest BCUT2D eigenvalue weighted by Gasteiger charge is -2.09. The largest absolute Gasteiger partial charge is 0.461 e. The third-order valence-electron chi connectivity index (χ3n) is 3.86. The van der Waals surface area contributed by atoms with E-state index in [2.05, 4.69) is 5.32 Å². The van der Waals surface area contributed by atoms with E-state index in [1.165, 1.54) is 13.0 Å². The van der Waals surface area contributed by atoms with E-state index < -0.39 is 5.63 Å². The molecule has 7 heteroatoms. The molecule has 0 bridgehead atoms. The molecule has 0 radical (unpaired) electrons. The Balaban J connectivity index is 1.62. The number of hydrogen-bond donors (Lipinski definition) is 1. The summed E-state index contributed by atoms with van der Waals surface area (Å²) in [7, 11) is 0. The van der Waals surface area contributed by atoms with E-state index in [0.29, 0.717) is 28.0 Å². The first-order valence-corrected chi connectivity index (χ1v) is 9.67. The molecule has 28 heavy (non-hydrogen) atoms. The van der Waals surface area contributed by atoms with Crippen LogP contribution in [-0.4, -0.2) is 17.6 Å². The molecule has 1 amide bonds. The first-order valence-electron chi connectivity index (χ1n) is 8.69. The standard InChI is InChI=1S/C21H19NO5S/c1-14(23)22-16-7-8-18-15(11-21(25)27-19(18)12-16)13-26-20(24)9-10-28-17-5-3-2-4-6-17/h2-8,11-12H,9-10,13H2,1H3,(H,22,23). The number of carbonyl (C=O) groups is 2. The smallest absolute Gasteiger partial charge is 0.336 e. The summed E-state index contributed by atoms with van der Waals surface area (Å²) in [5, 5.41) is 3.29.